The van der Waals surface area contributed by atoms with Crippen molar-refractivity contribution in [1.82, 2.24) is 4.31 Å². The minimum atomic E-state index is -3.36. The van der Waals surface area contributed by atoms with E-state index in [1.807, 2.05) is 0 Å². The van der Waals surface area contributed by atoms with Gasteiger partial charge in [-0.25, -0.2) is 8.42 Å². The molecule has 4 nitrogen and oxygen atoms in total. The van der Waals surface area contributed by atoms with E-state index in [1.165, 1.54) is 9.71 Å². The molecule has 1 aromatic carbocycles. The summed E-state index contributed by atoms with van der Waals surface area (Å²) in [6.07, 6.45) is 2.28. The molecule has 1 aliphatic rings. The molecule has 0 radical (unpaired) electrons. The van der Waals surface area contributed by atoms with Gasteiger partial charge in [-0.2, -0.15) is 4.31 Å². The van der Waals surface area contributed by atoms with E-state index in [2.05, 4.69) is 0 Å². The quantitative estimate of drug-likeness (QED) is 0.919. The standard InChI is InChI=1S/C12H15ClN2O2S/c13-11-3-1-10(2-4-11)6-8-18(16,17)15-7-5-12(14)9-15/h1-4,6,8,12H,5,7,9,14H2/b8-6+/t12-/m0/s1. The topological polar surface area (TPSA) is 63.4 Å². The Morgan fingerprint density at radius 1 is 1.33 bits per heavy atom. The molecule has 0 aromatic heterocycles. The number of hydrogen-bond donors (Lipinski definition) is 1. The molecule has 0 bridgehead atoms. The lowest BCUT2D eigenvalue weighted by Gasteiger charge is -2.12. The van der Waals surface area contributed by atoms with Gasteiger partial charge >= 0.3 is 0 Å². The molecule has 0 unspecified atom stereocenters. The van der Waals surface area contributed by atoms with Crippen LogP contribution in [-0.2, 0) is 10.0 Å². The van der Waals surface area contributed by atoms with Crippen molar-refractivity contribution in [2.24, 2.45) is 5.73 Å². The molecule has 0 spiro atoms. The molecule has 1 aromatic rings. The fourth-order valence-electron chi connectivity index (χ4n) is 1.81. The highest BCUT2D eigenvalue weighted by atomic mass is 35.5. The van der Waals surface area contributed by atoms with Crippen LogP contribution in [0.2, 0.25) is 5.02 Å². The van der Waals surface area contributed by atoms with Crippen LogP contribution < -0.4 is 5.73 Å². The lowest BCUT2D eigenvalue weighted by Crippen LogP contribution is -2.30. The maximum Gasteiger partial charge on any atom is 0.236 e. The number of hydrogen-bond acceptors (Lipinski definition) is 3. The number of nitrogens with two attached hydrogens (primary N) is 1. The van der Waals surface area contributed by atoms with Crippen molar-refractivity contribution >= 4 is 27.7 Å². The summed E-state index contributed by atoms with van der Waals surface area (Å²) in [7, 11) is -3.36. The van der Waals surface area contributed by atoms with Gasteiger partial charge in [-0.1, -0.05) is 23.7 Å². The zero-order valence-electron chi connectivity index (χ0n) is 9.79. The first-order valence-electron chi connectivity index (χ1n) is 5.67. The molecule has 2 N–H and O–H groups in total. The summed E-state index contributed by atoms with van der Waals surface area (Å²) in [6, 6.07) is 6.93. The van der Waals surface area contributed by atoms with E-state index in [0.717, 1.165) is 5.56 Å². The average Bonchev–Trinajstić information content (AvgIpc) is 2.76. The summed E-state index contributed by atoms with van der Waals surface area (Å²) in [5, 5.41) is 1.84. The van der Waals surface area contributed by atoms with Gasteiger partial charge in [0.15, 0.2) is 0 Å². The number of halogens is 1. The summed E-state index contributed by atoms with van der Waals surface area (Å²) < 4.78 is 25.4. The predicted octanol–water partition coefficient (Wildman–Crippen LogP) is 1.67. The van der Waals surface area contributed by atoms with Gasteiger partial charge in [0.2, 0.25) is 10.0 Å². The molecule has 18 heavy (non-hydrogen) atoms. The van der Waals surface area contributed by atoms with E-state index in [1.54, 1.807) is 30.3 Å². The van der Waals surface area contributed by atoms with E-state index in [-0.39, 0.29) is 6.04 Å². The van der Waals surface area contributed by atoms with Gasteiger partial charge in [0.25, 0.3) is 0 Å². The van der Waals surface area contributed by atoms with Crippen LogP contribution in [0.3, 0.4) is 0 Å². The number of rotatable bonds is 3. The Morgan fingerprint density at radius 2 is 2.00 bits per heavy atom. The molecule has 1 atom stereocenters. The maximum atomic E-state index is 12.0. The highest BCUT2D eigenvalue weighted by molar-refractivity contribution is 7.92. The van der Waals surface area contributed by atoms with Crippen molar-refractivity contribution in [2.45, 2.75) is 12.5 Å². The lowest BCUT2D eigenvalue weighted by molar-refractivity contribution is 0.481. The van der Waals surface area contributed by atoms with Crippen molar-refractivity contribution < 1.29 is 8.42 Å². The first-order valence-corrected chi connectivity index (χ1v) is 7.55. The lowest BCUT2D eigenvalue weighted by atomic mass is 10.2. The van der Waals surface area contributed by atoms with Gasteiger partial charge in [0.1, 0.15) is 0 Å². The molecule has 1 fully saturated rings. The van der Waals surface area contributed by atoms with Crippen LogP contribution in [-0.4, -0.2) is 31.9 Å². The Kier molecular flexibility index (Phi) is 4.07. The highest BCUT2D eigenvalue weighted by Crippen LogP contribution is 2.16. The highest BCUT2D eigenvalue weighted by Gasteiger charge is 2.27. The van der Waals surface area contributed by atoms with Gasteiger partial charge in [-0.3, -0.25) is 0 Å². The molecular weight excluding hydrogens is 272 g/mol. The molecule has 1 saturated heterocycles. The normalized spacial score (nSPS) is 21.8. The van der Waals surface area contributed by atoms with E-state index in [0.29, 0.717) is 24.5 Å². The Hall–Kier alpha value is -0.880. The van der Waals surface area contributed by atoms with E-state index in [9.17, 15) is 8.42 Å². The third-order valence-corrected chi connectivity index (χ3v) is 4.63. The predicted molar refractivity (Wildman–Crippen MR) is 73.6 cm³/mol. The fraction of sp³-hybridized carbons (Fsp3) is 0.333. The Morgan fingerprint density at radius 3 is 2.56 bits per heavy atom. The second-order valence-electron chi connectivity index (χ2n) is 4.31. The van der Waals surface area contributed by atoms with Crippen LogP contribution in [0.5, 0.6) is 0 Å². The van der Waals surface area contributed by atoms with E-state index >= 15 is 0 Å². The molecule has 0 aliphatic carbocycles. The van der Waals surface area contributed by atoms with Crippen molar-refractivity contribution in [1.29, 1.82) is 0 Å². The summed E-state index contributed by atoms with van der Waals surface area (Å²) in [5.74, 6) is 0. The van der Waals surface area contributed by atoms with E-state index < -0.39 is 10.0 Å². The fourth-order valence-corrected chi connectivity index (χ4v) is 3.20. The third-order valence-electron chi connectivity index (χ3n) is 2.85. The molecule has 0 saturated carbocycles. The van der Waals surface area contributed by atoms with Crippen LogP contribution in [0.25, 0.3) is 6.08 Å². The molecule has 98 valence electrons. The molecule has 6 heteroatoms. The second-order valence-corrected chi connectivity index (χ2v) is 6.56. The average molecular weight is 287 g/mol. The first-order chi connectivity index (χ1) is 8.47. The summed E-state index contributed by atoms with van der Waals surface area (Å²) in [4.78, 5) is 0. The van der Waals surface area contributed by atoms with Crippen LogP contribution >= 0.6 is 11.6 Å². The Bertz CT molecular complexity index is 540. The zero-order valence-corrected chi connectivity index (χ0v) is 11.4. The van der Waals surface area contributed by atoms with E-state index in [4.69, 9.17) is 17.3 Å². The van der Waals surface area contributed by atoms with Gasteiger partial charge in [0, 0.05) is 29.6 Å². The maximum absolute atomic E-state index is 12.0. The minimum Gasteiger partial charge on any atom is -0.326 e. The second kappa shape index (κ2) is 5.40. The van der Waals surface area contributed by atoms with Crippen molar-refractivity contribution in [3.63, 3.8) is 0 Å². The Labute approximate surface area is 112 Å². The SMILES string of the molecule is N[C@H]1CCN(S(=O)(=O)/C=C/c2ccc(Cl)cc2)C1. The van der Waals surface area contributed by atoms with Crippen LogP contribution in [0.4, 0.5) is 0 Å². The molecule has 0 amide bonds. The largest absolute Gasteiger partial charge is 0.326 e. The van der Waals surface area contributed by atoms with Crippen LogP contribution in [0, 0.1) is 0 Å². The number of nitrogens with zero attached hydrogens (tertiary/aromatic N) is 1. The van der Waals surface area contributed by atoms with Gasteiger partial charge in [-0.05, 0) is 30.2 Å². The van der Waals surface area contributed by atoms with Crippen LogP contribution in [0.15, 0.2) is 29.7 Å². The minimum absolute atomic E-state index is 0.0521. The van der Waals surface area contributed by atoms with Crippen LogP contribution in [0.1, 0.15) is 12.0 Å². The van der Waals surface area contributed by atoms with Gasteiger partial charge in [-0.15, -0.1) is 0 Å². The summed E-state index contributed by atoms with van der Waals surface area (Å²) in [5.41, 5.74) is 6.50. The van der Waals surface area contributed by atoms with Crippen molar-refractivity contribution in [2.75, 3.05) is 13.1 Å². The molecule has 1 heterocycles. The first kappa shape index (κ1) is 13.5. The van der Waals surface area contributed by atoms with Gasteiger partial charge < -0.3 is 5.73 Å². The number of benzene rings is 1. The molecular formula is C12H15ClN2O2S. The number of sulfonamides is 1. The Balaban J connectivity index is 2.10. The smallest absolute Gasteiger partial charge is 0.236 e. The van der Waals surface area contributed by atoms with Crippen molar-refractivity contribution in [3.8, 4) is 0 Å². The molecule has 2 rings (SSSR count). The van der Waals surface area contributed by atoms with Crippen molar-refractivity contribution in [3.05, 3.63) is 40.3 Å². The van der Waals surface area contributed by atoms with Gasteiger partial charge in [0.05, 0.1) is 0 Å². The summed E-state index contributed by atoms with van der Waals surface area (Å²) in [6.45, 7) is 0.891. The summed E-state index contributed by atoms with van der Waals surface area (Å²) >= 11 is 5.76. The zero-order chi connectivity index (χ0) is 13.2. The molecule has 1 aliphatic heterocycles. The monoisotopic (exact) mass is 286 g/mol. The third kappa shape index (κ3) is 3.32.